The maximum absolute atomic E-state index is 6.59. The van der Waals surface area contributed by atoms with Crippen LogP contribution in [0.1, 0.15) is 33.3 Å². The Bertz CT molecular complexity index is 1120. The van der Waals surface area contributed by atoms with Crippen molar-refractivity contribution in [3.63, 3.8) is 0 Å². The number of para-hydroxylation sites is 1. The zero-order valence-electron chi connectivity index (χ0n) is 19.2. The second kappa shape index (κ2) is 8.12. The molecule has 0 N–H and O–H groups in total. The average molecular weight is 456 g/mol. The molecule has 0 bridgehead atoms. The van der Waals surface area contributed by atoms with E-state index >= 15 is 0 Å². The quantitative estimate of drug-likeness (QED) is 0.469. The van der Waals surface area contributed by atoms with E-state index in [-0.39, 0.29) is 5.41 Å². The summed E-state index contributed by atoms with van der Waals surface area (Å²) >= 11 is 6.59. The third-order valence-electron chi connectivity index (χ3n) is 6.41. The van der Waals surface area contributed by atoms with Crippen molar-refractivity contribution in [2.45, 2.75) is 33.1 Å². The van der Waals surface area contributed by atoms with Gasteiger partial charge >= 0.3 is 0 Å². The number of allylic oxidation sites excluding steroid dienone is 2. The van der Waals surface area contributed by atoms with Gasteiger partial charge in [0.15, 0.2) is 7.36 Å². The Hall–Kier alpha value is -2.07. The molecule has 0 radical (unpaired) electrons. The summed E-state index contributed by atoms with van der Waals surface area (Å²) in [4.78, 5) is 2.33. The van der Waals surface area contributed by atoms with Gasteiger partial charge in [0.05, 0.1) is 22.2 Å². The molecule has 0 unspecified atom stereocenters. The van der Waals surface area contributed by atoms with E-state index < -0.39 is 7.36 Å². The minimum absolute atomic E-state index is 0.160. The number of benzene rings is 2. The fourth-order valence-corrected chi connectivity index (χ4v) is 8.88. The molecule has 164 valence electrons. The lowest BCUT2D eigenvalue weighted by Crippen LogP contribution is -2.30. The van der Waals surface area contributed by atoms with Gasteiger partial charge in [-0.2, -0.15) is 5.10 Å². The Morgan fingerprint density at radius 2 is 1.68 bits per heavy atom. The molecule has 2 aliphatic rings. The summed E-state index contributed by atoms with van der Waals surface area (Å²) in [6.07, 6.45) is 2.03. The van der Waals surface area contributed by atoms with Crippen LogP contribution in [-0.2, 0) is 5.41 Å². The zero-order valence-corrected chi connectivity index (χ0v) is 20.8. The minimum Gasteiger partial charge on any atom is -0.346 e. The molecule has 0 saturated carbocycles. The lowest BCUT2D eigenvalue weighted by atomic mass is 9.84. The van der Waals surface area contributed by atoms with Gasteiger partial charge in [-0.3, -0.25) is 0 Å². The molecular formula is C24H31ClN5P. The molecule has 0 aliphatic carbocycles. The van der Waals surface area contributed by atoms with Gasteiger partial charge in [-0.25, -0.2) is 14.2 Å². The molecule has 2 aliphatic heterocycles. The van der Waals surface area contributed by atoms with Crippen molar-refractivity contribution in [1.82, 2.24) is 9.45 Å². The Morgan fingerprint density at radius 1 is 1.03 bits per heavy atom. The number of hydrogen-bond acceptors (Lipinski definition) is 3. The van der Waals surface area contributed by atoms with Crippen LogP contribution in [0, 0.1) is 0 Å². The van der Waals surface area contributed by atoms with Crippen molar-refractivity contribution in [3.05, 3.63) is 70.1 Å². The summed E-state index contributed by atoms with van der Waals surface area (Å²) in [5.74, 6) is 0. The zero-order chi connectivity index (χ0) is 22.4. The number of halogens is 1. The van der Waals surface area contributed by atoms with E-state index in [0.717, 1.165) is 18.8 Å². The lowest BCUT2D eigenvalue weighted by molar-refractivity contribution is 0.452. The van der Waals surface area contributed by atoms with Crippen LogP contribution < -0.4 is 4.90 Å². The molecule has 7 heteroatoms. The highest BCUT2D eigenvalue weighted by molar-refractivity contribution is 7.67. The van der Waals surface area contributed by atoms with E-state index in [0.29, 0.717) is 5.02 Å². The first-order valence-electron chi connectivity index (χ1n) is 10.8. The molecule has 4 rings (SSSR count). The second-order valence-electron chi connectivity index (χ2n) is 8.43. The van der Waals surface area contributed by atoms with Crippen molar-refractivity contribution in [1.29, 1.82) is 0 Å². The number of nitrogens with zero attached hydrogens (tertiary/aromatic N) is 5. The van der Waals surface area contributed by atoms with Gasteiger partial charge in [-0.1, -0.05) is 69.6 Å². The Kier molecular flexibility index (Phi) is 5.80. The molecule has 0 saturated heterocycles. The summed E-state index contributed by atoms with van der Waals surface area (Å²) in [7, 11) is 1.83. The SMILES string of the molecule is CCN(CC)[P@]1(=Nc2ccccc2Cl)/C(=C2/N(C)c3ccccc3C2(C)C)C=NN1C. The van der Waals surface area contributed by atoms with Crippen LogP contribution >= 0.6 is 19.0 Å². The van der Waals surface area contributed by atoms with Crippen molar-refractivity contribution in [3.8, 4) is 0 Å². The van der Waals surface area contributed by atoms with Crippen LogP contribution in [0.5, 0.6) is 0 Å². The lowest BCUT2D eigenvalue weighted by Gasteiger charge is -2.39. The fraction of sp³-hybridized carbons (Fsp3) is 0.375. The van der Waals surface area contributed by atoms with Crippen molar-refractivity contribution in [2.24, 2.45) is 9.85 Å². The van der Waals surface area contributed by atoms with Gasteiger partial charge in [0.1, 0.15) is 0 Å². The number of fused-ring (bicyclic) bond motifs is 1. The molecule has 2 aromatic carbocycles. The molecule has 0 fully saturated rings. The largest absolute Gasteiger partial charge is 0.346 e. The summed E-state index contributed by atoms with van der Waals surface area (Å²) in [6, 6.07) is 16.5. The van der Waals surface area contributed by atoms with Gasteiger partial charge in [-0.15, -0.1) is 0 Å². The smallest absolute Gasteiger partial charge is 0.174 e. The first-order valence-corrected chi connectivity index (χ1v) is 12.8. The summed E-state index contributed by atoms with van der Waals surface area (Å²) in [6.45, 7) is 10.7. The van der Waals surface area contributed by atoms with Crippen LogP contribution in [0.25, 0.3) is 0 Å². The molecule has 0 spiro atoms. The van der Waals surface area contributed by atoms with Crippen molar-refractivity contribution < 1.29 is 0 Å². The predicted octanol–water partition coefficient (Wildman–Crippen LogP) is 6.91. The molecule has 0 amide bonds. The van der Waals surface area contributed by atoms with E-state index in [1.807, 2.05) is 37.5 Å². The van der Waals surface area contributed by atoms with Crippen LogP contribution in [-0.4, -0.2) is 42.8 Å². The van der Waals surface area contributed by atoms with Gasteiger partial charge < -0.3 is 4.90 Å². The van der Waals surface area contributed by atoms with Gasteiger partial charge in [0.25, 0.3) is 0 Å². The molecule has 2 heterocycles. The minimum atomic E-state index is -2.38. The van der Waals surface area contributed by atoms with E-state index in [1.54, 1.807) is 0 Å². The Balaban J connectivity index is 2.08. The van der Waals surface area contributed by atoms with Crippen LogP contribution in [0.2, 0.25) is 5.02 Å². The topological polar surface area (TPSA) is 34.4 Å². The van der Waals surface area contributed by atoms with E-state index in [9.17, 15) is 0 Å². The molecule has 1 atom stereocenters. The second-order valence-corrected chi connectivity index (χ2v) is 11.8. The molecule has 0 aromatic heterocycles. The average Bonchev–Trinajstić information content (AvgIpc) is 3.16. The van der Waals surface area contributed by atoms with Gasteiger partial charge in [0, 0.05) is 44.0 Å². The van der Waals surface area contributed by atoms with Crippen molar-refractivity contribution in [2.75, 3.05) is 32.1 Å². The van der Waals surface area contributed by atoms with Crippen molar-refractivity contribution >= 4 is 36.5 Å². The van der Waals surface area contributed by atoms with Crippen LogP contribution in [0.3, 0.4) is 0 Å². The highest BCUT2D eigenvalue weighted by Crippen LogP contribution is 2.69. The maximum atomic E-state index is 6.59. The van der Waals surface area contributed by atoms with E-state index in [2.05, 4.69) is 73.4 Å². The third kappa shape index (κ3) is 3.26. The first-order chi connectivity index (χ1) is 14.8. The van der Waals surface area contributed by atoms with Crippen LogP contribution in [0.4, 0.5) is 11.4 Å². The predicted molar refractivity (Wildman–Crippen MR) is 135 cm³/mol. The molecule has 31 heavy (non-hydrogen) atoms. The fourth-order valence-electron chi connectivity index (χ4n) is 4.92. The number of anilines is 1. The summed E-state index contributed by atoms with van der Waals surface area (Å²) in [5, 5.41) is 6.68. The number of hydrazone groups is 1. The van der Waals surface area contributed by atoms with E-state index in [4.69, 9.17) is 21.4 Å². The first kappa shape index (κ1) is 22.1. The monoisotopic (exact) mass is 455 g/mol. The molecule has 2 aromatic rings. The maximum Gasteiger partial charge on any atom is 0.174 e. The molecular weight excluding hydrogens is 425 g/mol. The summed E-state index contributed by atoms with van der Waals surface area (Å²) in [5.41, 5.74) is 4.49. The van der Waals surface area contributed by atoms with E-state index in [1.165, 1.54) is 22.3 Å². The van der Waals surface area contributed by atoms with Gasteiger partial charge in [-0.05, 0) is 23.8 Å². The van der Waals surface area contributed by atoms with Gasteiger partial charge in [0.2, 0.25) is 0 Å². The molecule has 5 nitrogen and oxygen atoms in total. The number of hydrogen-bond donors (Lipinski definition) is 0. The Labute approximate surface area is 191 Å². The highest BCUT2D eigenvalue weighted by Gasteiger charge is 2.47. The normalized spacial score (nSPS) is 24.3. The number of likely N-dealkylation sites (N-methyl/N-ethyl adjacent to an activating group) is 1. The highest BCUT2D eigenvalue weighted by atomic mass is 35.5. The van der Waals surface area contributed by atoms with Crippen LogP contribution in [0.15, 0.2) is 69.4 Å². The third-order valence-corrected chi connectivity index (χ3v) is 10.5. The number of rotatable bonds is 4. The standard InChI is InChI=1S/C24H31ClN5P/c1-7-30(8-2)31(27-20-15-11-10-14-19(20)25)22(17-26-29(31)6)23-24(3,4)18-13-9-12-16-21(18)28(23)5/h9-17H,7-8H2,1-6H3/b23-22+/t31-/m0/s1. The Morgan fingerprint density at radius 3 is 2.32 bits per heavy atom. The summed E-state index contributed by atoms with van der Waals surface area (Å²) < 4.78 is 9.96.